The first-order chi connectivity index (χ1) is 8.87. The lowest BCUT2D eigenvalue weighted by molar-refractivity contribution is -0.0932. The molecule has 1 aromatic rings. The van der Waals surface area contributed by atoms with Crippen molar-refractivity contribution >= 4 is 0 Å². The van der Waals surface area contributed by atoms with Crippen LogP contribution < -0.4 is 0 Å². The minimum absolute atomic E-state index is 0.110. The molecular formula is C16H25NO2. The van der Waals surface area contributed by atoms with Crippen LogP contribution in [0.25, 0.3) is 0 Å². The van der Waals surface area contributed by atoms with Crippen molar-refractivity contribution in [3.05, 3.63) is 34.9 Å². The molecule has 1 fully saturated rings. The number of hydrogen-bond acceptors (Lipinski definition) is 3. The summed E-state index contributed by atoms with van der Waals surface area (Å²) < 4.78 is 5.69. The normalized spacial score (nSPS) is 21.3. The first-order valence-electron chi connectivity index (χ1n) is 6.99. The third kappa shape index (κ3) is 3.78. The Morgan fingerprint density at radius 3 is 2.68 bits per heavy atom. The van der Waals surface area contributed by atoms with Crippen molar-refractivity contribution in [2.75, 3.05) is 26.2 Å². The maximum Gasteiger partial charge on any atom is 0.0917 e. The number of β-amino-alcohol motifs (C(OH)–C–C–N with tert-alkyl or cyclic N) is 1. The lowest BCUT2D eigenvalue weighted by atomic mass is 10.0. The minimum Gasteiger partial charge on any atom is -0.387 e. The number of ether oxygens (including phenoxy) is 1. The zero-order valence-electron chi connectivity index (χ0n) is 12.4. The highest BCUT2D eigenvalue weighted by molar-refractivity contribution is 5.31. The lowest BCUT2D eigenvalue weighted by Crippen LogP contribution is -2.49. The molecule has 0 saturated carbocycles. The molecule has 19 heavy (non-hydrogen) atoms. The molecule has 0 aromatic heterocycles. The topological polar surface area (TPSA) is 32.7 Å². The zero-order chi connectivity index (χ0) is 14.0. The van der Waals surface area contributed by atoms with Crippen LogP contribution in [-0.2, 0) is 4.74 Å². The van der Waals surface area contributed by atoms with E-state index in [0.29, 0.717) is 6.54 Å². The Morgan fingerprint density at radius 2 is 2.05 bits per heavy atom. The van der Waals surface area contributed by atoms with Gasteiger partial charge in [-0.15, -0.1) is 0 Å². The van der Waals surface area contributed by atoms with Crippen LogP contribution in [0.2, 0.25) is 0 Å². The summed E-state index contributed by atoms with van der Waals surface area (Å²) in [4.78, 5) is 2.28. The third-order valence-corrected chi connectivity index (χ3v) is 3.85. The summed E-state index contributed by atoms with van der Waals surface area (Å²) in [6.07, 6.45) is -0.423. The summed E-state index contributed by atoms with van der Waals surface area (Å²) in [5, 5.41) is 10.4. The fourth-order valence-corrected chi connectivity index (χ4v) is 2.59. The number of rotatable bonds is 3. The van der Waals surface area contributed by atoms with Crippen LogP contribution in [0.4, 0.5) is 0 Å². The summed E-state index contributed by atoms with van der Waals surface area (Å²) in [6.45, 7) is 11.6. The van der Waals surface area contributed by atoms with E-state index in [1.54, 1.807) is 0 Å². The van der Waals surface area contributed by atoms with E-state index < -0.39 is 6.10 Å². The maximum atomic E-state index is 10.4. The Morgan fingerprint density at radius 1 is 1.32 bits per heavy atom. The minimum atomic E-state index is -0.423. The van der Waals surface area contributed by atoms with Gasteiger partial charge in [0.1, 0.15) is 0 Å². The van der Waals surface area contributed by atoms with Gasteiger partial charge in [-0.25, -0.2) is 0 Å². The van der Waals surface area contributed by atoms with Crippen LogP contribution >= 0.6 is 0 Å². The van der Waals surface area contributed by atoms with Crippen molar-refractivity contribution in [1.29, 1.82) is 0 Å². The van der Waals surface area contributed by atoms with Gasteiger partial charge in [0.25, 0.3) is 0 Å². The molecule has 2 rings (SSSR count). The molecule has 0 bridgehead atoms. The number of aliphatic hydroxyl groups is 1. The monoisotopic (exact) mass is 263 g/mol. The number of aryl methyl sites for hydroxylation is 2. The van der Waals surface area contributed by atoms with Crippen molar-refractivity contribution in [1.82, 2.24) is 4.90 Å². The largest absolute Gasteiger partial charge is 0.387 e. The third-order valence-electron chi connectivity index (χ3n) is 3.85. The molecule has 1 aliphatic rings. The van der Waals surface area contributed by atoms with Crippen LogP contribution in [-0.4, -0.2) is 41.8 Å². The molecule has 3 nitrogen and oxygen atoms in total. The molecule has 1 aliphatic heterocycles. The second kappa shape index (κ2) is 5.61. The van der Waals surface area contributed by atoms with Gasteiger partial charge in [0.05, 0.1) is 18.3 Å². The molecule has 0 aliphatic carbocycles. The first kappa shape index (κ1) is 14.5. The first-order valence-corrected chi connectivity index (χ1v) is 6.99. The van der Waals surface area contributed by atoms with Gasteiger partial charge in [-0.1, -0.05) is 18.2 Å². The molecule has 0 amide bonds. The molecule has 1 atom stereocenters. The Kier molecular flexibility index (Phi) is 4.29. The predicted octanol–water partition coefficient (Wildman–Crippen LogP) is 2.45. The fraction of sp³-hybridized carbons (Fsp3) is 0.625. The molecule has 1 unspecified atom stereocenters. The fourth-order valence-electron chi connectivity index (χ4n) is 2.59. The average molecular weight is 263 g/mol. The van der Waals surface area contributed by atoms with E-state index in [-0.39, 0.29) is 5.60 Å². The summed E-state index contributed by atoms with van der Waals surface area (Å²) >= 11 is 0. The van der Waals surface area contributed by atoms with E-state index in [1.165, 1.54) is 11.1 Å². The van der Waals surface area contributed by atoms with Gasteiger partial charge in [0.2, 0.25) is 0 Å². The molecule has 1 aromatic carbocycles. The molecule has 1 heterocycles. The van der Waals surface area contributed by atoms with Crippen LogP contribution in [0, 0.1) is 13.8 Å². The Labute approximate surface area is 116 Å². The molecule has 0 radical (unpaired) electrons. The van der Waals surface area contributed by atoms with E-state index in [4.69, 9.17) is 4.74 Å². The molecule has 1 saturated heterocycles. The summed E-state index contributed by atoms with van der Waals surface area (Å²) in [5.41, 5.74) is 3.40. The molecule has 1 N–H and O–H groups in total. The number of nitrogens with zero attached hydrogens (tertiary/aromatic N) is 1. The van der Waals surface area contributed by atoms with E-state index in [1.807, 2.05) is 6.07 Å². The van der Waals surface area contributed by atoms with Crippen molar-refractivity contribution < 1.29 is 9.84 Å². The SMILES string of the molecule is Cc1ccc(C(O)CN2CCOC(C)(C)C2)cc1C. The maximum absolute atomic E-state index is 10.4. The standard InChI is InChI=1S/C16H25NO2/c1-12-5-6-14(9-13(12)2)15(18)10-17-7-8-19-16(3,4)11-17/h5-6,9,15,18H,7-8,10-11H2,1-4H3. The summed E-state index contributed by atoms with van der Waals surface area (Å²) in [7, 11) is 0. The molecule has 0 spiro atoms. The van der Waals surface area contributed by atoms with Crippen LogP contribution in [0.1, 0.15) is 36.6 Å². The number of morpholine rings is 1. The highest BCUT2D eigenvalue weighted by atomic mass is 16.5. The lowest BCUT2D eigenvalue weighted by Gasteiger charge is -2.39. The van der Waals surface area contributed by atoms with Gasteiger partial charge in [-0.05, 0) is 44.4 Å². The van der Waals surface area contributed by atoms with Gasteiger partial charge in [0, 0.05) is 19.6 Å². The van der Waals surface area contributed by atoms with E-state index in [2.05, 4.69) is 44.7 Å². The van der Waals surface area contributed by atoms with Gasteiger partial charge >= 0.3 is 0 Å². The highest BCUT2D eigenvalue weighted by Gasteiger charge is 2.28. The number of aliphatic hydroxyl groups excluding tert-OH is 1. The van der Waals surface area contributed by atoms with E-state index in [0.717, 1.165) is 25.3 Å². The van der Waals surface area contributed by atoms with Crippen LogP contribution in [0.3, 0.4) is 0 Å². The summed E-state index contributed by atoms with van der Waals surface area (Å²) in [5.74, 6) is 0. The Bertz CT molecular complexity index is 442. The number of hydrogen-bond donors (Lipinski definition) is 1. The van der Waals surface area contributed by atoms with E-state index >= 15 is 0 Å². The Balaban J connectivity index is 2.00. The van der Waals surface area contributed by atoms with Crippen molar-refractivity contribution in [2.24, 2.45) is 0 Å². The van der Waals surface area contributed by atoms with Crippen molar-refractivity contribution in [3.63, 3.8) is 0 Å². The van der Waals surface area contributed by atoms with Gasteiger partial charge in [-0.2, -0.15) is 0 Å². The quantitative estimate of drug-likeness (QED) is 0.909. The van der Waals surface area contributed by atoms with Crippen molar-refractivity contribution in [2.45, 2.75) is 39.4 Å². The zero-order valence-corrected chi connectivity index (χ0v) is 12.4. The van der Waals surface area contributed by atoms with E-state index in [9.17, 15) is 5.11 Å². The number of benzene rings is 1. The second-order valence-corrected chi connectivity index (χ2v) is 6.20. The second-order valence-electron chi connectivity index (χ2n) is 6.20. The highest BCUT2D eigenvalue weighted by Crippen LogP contribution is 2.21. The van der Waals surface area contributed by atoms with Crippen molar-refractivity contribution in [3.8, 4) is 0 Å². The summed E-state index contributed by atoms with van der Waals surface area (Å²) in [6, 6.07) is 6.20. The molecule has 106 valence electrons. The predicted molar refractivity (Wildman–Crippen MR) is 77.3 cm³/mol. The molecular weight excluding hydrogens is 238 g/mol. The Hall–Kier alpha value is -0.900. The van der Waals surface area contributed by atoms with Crippen LogP contribution in [0.15, 0.2) is 18.2 Å². The average Bonchev–Trinajstić information content (AvgIpc) is 2.31. The smallest absolute Gasteiger partial charge is 0.0917 e. The van der Waals surface area contributed by atoms with Gasteiger partial charge in [-0.3, -0.25) is 4.90 Å². The van der Waals surface area contributed by atoms with Gasteiger partial charge in [0.15, 0.2) is 0 Å². The molecule has 3 heteroatoms. The van der Waals surface area contributed by atoms with Gasteiger partial charge < -0.3 is 9.84 Å². The van der Waals surface area contributed by atoms with Crippen LogP contribution in [0.5, 0.6) is 0 Å².